The molecule has 0 atom stereocenters. The third-order valence-corrected chi connectivity index (χ3v) is 4.40. The maximum atomic E-state index is 7.46. The zero-order valence-corrected chi connectivity index (χ0v) is 10.6. The Morgan fingerprint density at radius 3 is 2.75 bits per heavy atom. The minimum Gasteiger partial charge on any atom is -0.383 e. The molecule has 2 rings (SSSR count). The zero-order valence-electron chi connectivity index (χ0n) is 9.75. The van der Waals surface area contributed by atoms with Crippen LogP contribution in [-0.2, 0) is 0 Å². The van der Waals surface area contributed by atoms with Crippen LogP contribution in [0.1, 0.15) is 39.0 Å². The predicted octanol–water partition coefficient (Wildman–Crippen LogP) is 2.20. The van der Waals surface area contributed by atoms with Gasteiger partial charge in [0.25, 0.3) is 0 Å². The number of rotatable bonds is 3. The summed E-state index contributed by atoms with van der Waals surface area (Å²) >= 11 is 1.57. The van der Waals surface area contributed by atoms with Crippen LogP contribution in [0.15, 0.2) is 10.6 Å². The Morgan fingerprint density at radius 1 is 1.50 bits per heavy atom. The lowest BCUT2D eigenvalue weighted by Gasteiger charge is -2.26. The van der Waals surface area contributed by atoms with Gasteiger partial charge < -0.3 is 11.2 Å². The lowest BCUT2D eigenvalue weighted by molar-refractivity contribution is 0.269. The predicted molar refractivity (Wildman–Crippen MR) is 68.6 cm³/mol. The van der Waals surface area contributed by atoms with Crippen molar-refractivity contribution < 1.29 is 0 Å². The number of allylic oxidation sites excluding steroid dienone is 1. The quantitative estimate of drug-likeness (QED) is 0.402. The van der Waals surface area contributed by atoms with E-state index in [0.29, 0.717) is 0 Å². The summed E-state index contributed by atoms with van der Waals surface area (Å²) in [4.78, 5) is 0.871. The maximum Gasteiger partial charge on any atom is 0.132 e. The average Bonchev–Trinajstić information content (AvgIpc) is 2.61. The van der Waals surface area contributed by atoms with Crippen LogP contribution in [0.25, 0.3) is 0 Å². The molecule has 16 heavy (non-hydrogen) atoms. The van der Waals surface area contributed by atoms with Crippen LogP contribution in [0.4, 0.5) is 0 Å². The summed E-state index contributed by atoms with van der Waals surface area (Å²) in [7, 11) is 0. The molecule has 1 saturated carbocycles. The summed E-state index contributed by atoms with van der Waals surface area (Å²) in [5, 5.41) is 7.46. The highest BCUT2D eigenvalue weighted by Crippen LogP contribution is 2.32. The Morgan fingerprint density at radius 2 is 2.19 bits per heavy atom. The number of hydrogen-bond acceptors (Lipinski definition) is 4. The molecule has 0 amide bonds. The lowest BCUT2D eigenvalue weighted by Crippen LogP contribution is -2.31. The Bertz CT molecular complexity index is 307. The van der Waals surface area contributed by atoms with Crippen LogP contribution >= 0.6 is 11.9 Å². The number of hydrogen-bond donors (Lipinski definition) is 3. The van der Waals surface area contributed by atoms with Gasteiger partial charge in [-0.2, -0.15) is 4.41 Å². The van der Waals surface area contributed by atoms with Gasteiger partial charge in [0.15, 0.2) is 0 Å². The molecule has 0 aromatic carbocycles. The van der Waals surface area contributed by atoms with Gasteiger partial charge in [0.2, 0.25) is 0 Å². The molecule has 0 saturated heterocycles. The monoisotopic (exact) mass is 240 g/mol. The van der Waals surface area contributed by atoms with Crippen molar-refractivity contribution in [1.29, 1.82) is 5.41 Å². The number of amidine groups is 1. The first-order valence-corrected chi connectivity index (χ1v) is 6.71. The molecule has 0 spiro atoms. The second-order valence-corrected chi connectivity index (χ2v) is 5.67. The van der Waals surface area contributed by atoms with E-state index >= 15 is 0 Å². The molecule has 90 valence electrons. The zero-order chi connectivity index (χ0) is 11.5. The van der Waals surface area contributed by atoms with E-state index in [2.05, 4.69) is 9.84 Å². The Kier molecular flexibility index (Phi) is 3.76. The van der Waals surface area contributed by atoms with E-state index < -0.39 is 0 Å². The number of nitrogens with two attached hydrogens (primary N) is 1. The van der Waals surface area contributed by atoms with E-state index in [1.54, 1.807) is 11.9 Å². The first kappa shape index (κ1) is 11.8. The molecule has 0 unspecified atom stereocenters. The minimum atomic E-state index is 0.168. The minimum absolute atomic E-state index is 0.168. The first-order chi connectivity index (χ1) is 7.66. The summed E-state index contributed by atoms with van der Waals surface area (Å²) in [5.41, 5.74) is 9.82. The Hall–Kier alpha value is -0.680. The third-order valence-electron chi connectivity index (χ3n) is 3.23. The van der Waals surface area contributed by atoms with Gasteiger partial charge in [-0.3, -0.25) is 5.41 Å². The van der Waals surface area contributed by atoms with Crippen molar-refractivity contribution in [3.8, 4) is 0 Å². The normalized spacial score (nSPS) is 23.6. The molecule has 0 aromatic heterocycles. The fourth-order valence-corrected chi connectivity index (χ4v) is 3.35. The van der Waals surface area contributed by atoms with Crippen LogP contribution in [0.3, 0.4) is 0 Å². The summed E-state index contributed by atoms with van der Waals surface area (Å²) in [6, 6.07) is 0. The Labute approximate surface area is 101 Å². The van der Waals surface area contributed by atoms with Gasteiger partial charge in [-0.25, -0.2) is 0 Å². The molecular formula is C11H20N4S. The number of nitrogens with one attached hydrogen (secondary N) is 2. The van der Waals surface area contributed by atoms with Crippen molar-refractivity contribution in [3.63, 3.8) is 0 Å². The highest BCUT2D eigenvalue weighted by atomic mass is 32.2. The van der Waals surface area contributed by atoms with Crippen LogP contribution in [0, 0.1) is 11.3 Å². The molecule has 1 aliphatic heterocycles. The maximum absolute atomic E-state index is 7.46. The molecular weight excluding hydrogens is 220 g/mol. The van der Waals surface area contributed by atoms with Gasteiger partial charge in [-0.15, -0.1) is 0 Å². The van der Waals surface area contributed by atoms with E-state index in [4.69, 9.17) is 11.1 Å². The van der Waals surface area contributed by atoms with Crippen molar-refractivity contribution >= 4 is 17.8 Å². The Balaban J connectivity index is 1.84. The smallest absolute Gasteiger partial charge is 0.132 e. The van der Waals surface area contributed by atoms with Gasteiger partial charge in [0.1, 0.15) is 5.84 Å². The molecule has 0 aromatic rings. The fraction of sp³-hybridized carbons (Fsp3) is 0.727. The highest BCUT2D eigenvalue weighted by molar-refractivity contribution is 8.02. The standard InChI is InChI=1S/C11H20N4S/c1-8-10(11(12)13)16-15(14-8)7-9-5-3-2-4-6-9/h9,14H,2-7H2,1H3,(H3,12,13). The second kappa shape index (κ2) is 5.10. The average molecular weight is 240 g/mol. The number of hydrazine groups is 1. The highest BCUT2D eigenvalue weighted by Gasteiger charge is 2.25. The van der Waals surface area contributed by atoms with Crippen LogP contribution in [-0.4, -0.2) is 16.8 Å². The molecule has 1 heterocycles. The van der Waals surface area contributed by atoms with E-state index in [1.807, 2.05) is 6.92 Å². The van der Waals surface area contributed by atoms with Crippen LogP contribution in [0.5, 0.6) is 0 Å². The van der Waals surface area contributed by atoms with Gasteiger partial charge in [0.05, 0.1) is 4.91 Å². The van der Waals surface area contributed by atoms with Gasteiger partial charge in [-0.1, -0.05) is 19.3 Å². The van der Waals surface area contributed by atoms with E-state index in [-0.39, 0.29) is 5.84 Å². The molecule has 2 aliphatic rings. The third kappa shape index (κ3) is 2.71. The summed E-state index contributed by atoms with van der Waals surface area (Å²) in [5.74, 6) is 0.967. The molecule has 1 fully saturated rings. The van der Waals surface area contributed by atoms with Gasteiger partial charge in [-0.05, 0) is 37.6 Å². The molecule has 4 nitrogen and oxygen atoms in total. The molecule has 1 aliphatic carbocycles. The van der Waals surface area contributed by atoms with E-state index in [1.165, 1.54) is 32.1 Å². The van der Waals surface area contributed by atoms with E-state index in [0.717, 1.165) is 23.1 Å². The van der Waals surface area contributed by atoms with Crippen molar-refractivity contribution in [2.24, 2.45) is 11.7 Å². The molecule has 5 heteroatoms. The summed E-state index contributed by atoms with van der Waals surface area (Å²) < 4.78 is 2.13. The molecule has 4 N–H and O–H groups in total. The lowest BCUT2D eigenvalue weighted by atomic mass is 9.89. The first-order valence-electron chi connectivity index (χ1n) is 5.94. The molecule has 0 bridgehead atoms. The van der Waals surface area contributed by atoms with Crippen LogP contribution in [0.2, 0.25) is 0 Å². The van der Waals surface area contributed by atoms with Gasteiger partial charge >= 0.3 is 0 Å². The largest absolute Gasteiger partial charge is 0.383 e. The van der Waals surface area contributed by atoms with Crippen molar-refractivity contribution in [2.45, 2.75) is 39.0 Å². The summed E-state index contributed by atoms with van der Waals surface area (Å²) in [6.45, 7) is 3.03. The molecule has 0 radical (unpaired) electrons. The second-order valence-electron chi connectivity index (χ2n) is 4.64. The topological polar surface area (TPSA) is 65.1 Å². The van der Waals surface area contributed by atoms with Gasteiger partial charge in [0, 0.05) is 12.2 Å². The summed E-state index contributed by atoms with van der Waals surface area (Å²) in [6.07, 6.45) is 6.82. The van der Waals surface area contributed by atoms with Crippen molar-refractivity contribution in [2.75, 3.05) is 6.54 Å². The van der Waals surface area contributed by atoms with Crippen LogP contribution < -0.4 is 11.2 Å². The number of nitrogens with zero attached hydrogens (tertiary/aromatic N) is 1. The SMILES string of the molecule is CC1=C(C(=N)N)SN(CC2CCCCC2)N1. The van der Waals surface area contributed by atoms with Crippen molar-refractivity contribution in [3.05, 3.63) is 10.6 Å². The van der Waals surface area contributed by atoms with E-state index in [9.17, 15) is 0 Å². The fourth-order valence-electron chi connectivity index (χ4n) is 2.38. The van der Waals surface area contributed by atoms with Crippen molar-refractivity contribution in [1.82, 2.24) is 9.84 Å².